The van der Waals surface area contributed by atoms with E-state index in [2.05, 4.69) is 23.6 Å². The Morgan fingerprint density at radius 1 is 1.46 bits per heavy atom. The first kappa shape index (κ1) is 8.46. The van der Waals surface area contributed by atoms with Crippen LogP contribution in [0.2, 0.25) is 0 Å². The fourth-order valence-electron chi connectivity index (χ4n) is 1.47. The van der Waals surface area contributed by atoms with Gasteiger partial charge >= 0.3 is 0 Å². The summed E-state index contributed by atoms with van der Waals surface area (Å²) >= 11 is 3.98. The lowest BCUT2D eigenvalue weighted by Gasteiger charge is -2.04. The molecule has 0 aromatic heterocycles. The molecular weight excluding hydrogens is 180 g/mol. The van der Waals surface area contributed by atoms with Crippen molar-refractivity contribution in [1.82, 2.24) is 0 Å². The van der Waals surface area contributed by atoms with E-state index in [0.717, 1.165) is 11.3 Å². The molecule has 1 N–H and O–H groups in total. The van der Waals surface area contributed by atoms with Crippen LogP contribution in [-0.2, 0) is 0 Å². The van der Waals surface area contributed by atoms with Crippen molar-refractivity contribution in [2.24, 2.45) is 0 Å². The Hall–Kier alpha value is -1.14. The molecule has 0 amide bonds. The third kappa shape index (κ3) is 1.63. The molecule has 0 saturated heterocycles. The summed E-state index contributed by atoms with van der Waals surface area (Å²) in [5.41, 5.74) is 2.93. The summed E-state index contributed by atoms with van der Waals surface area (Å²) in [7, 11) is 0. The first-order valence-electron chi connectivity index (χ1n) is 4.29. The second kappa shape index (κ2) is 3.31. The van der Waals surface area contributed by atoms with Crippen LogP contribution in [0.5, 0.6) is 0 Å². The normalized spacial score (nSPS) is 15.1. The zero-order valence-electron chi connectivity index (χ0n) is 7.12. The summed E-state index contributed by atoms with van der Waals surface area (Å²) in [4.78, 5) is 0. The Bertz CT molecular complexity index is 364. The summed E-state index contributed by atoms with van der Waals surface area (Å²) in [6.45, 7) is 0. The van der Waals surface area contributed by atoms with Crippen LogP contribution in [0.25, 0.3) is 0 Å². The maximum Gasteiger partial charge on any atom is 0.0994 e. The largest absolute Gasteiger partial charge is 0.332 e. The number of benzene rings is 1. The van der Waals surface area contributed by atoms with Gasteiger partial charge in [0.25, 0.3) is 0 Å². The fraction of sp³-hybridized carbons (Fsp3) is 0.300. The van der Waals surface area contributed by atoms with E-state index in [0.29, 0.717) is 5.92 Å². The Morgan fingerprint density at radius 3 is 2.77 bits per heavy atom. The minimum absolute atomic E-state index is 0.608. The number of rotatable bonds is 2. The predicted molar refractivity (Wildman–Crippen MR) is 55.7 cm³/mol. The molecule has 1 aromatic rings. The molecule has 1 aromatic carbocycles. The van der Waals surface area contributed by atoms with Crippen molar-refractivity contribution in [2.45, 2.75) is 18.8 Å². The van der Waals surface area contributed by atoms with E-state index in [1.807, 2.05) is 18.2 Å². The average molecular weight is 190 g/mol. The smallest absolute Gasteiger partial charge is 0.0994 e. The van der Waals surface area contributed by atoms with Crippen molar-refractivity contribution in [1.29, 1.82) is 5.26 Å². The molecule has 2 rings (SSSR count). The molecule has 0 radical (unpaired) electrons. The number of thiol groups is 1. The molecule has 0 unspecified atom stereocenters. The first-order chi connectivity index (χ1) is 6.35. The third-order valence-corrected chi connectivity index (χ3v) is 2.58. The molecule has 0 bridgehead atoms. The second-order valence-corrected chi connectivity index (χ2v) is 3.52. The SMILES string of the molecule is N#Cc1ccc(NS)cc1C1CC1. The zero-order chi connectivity index (χ0) is 9.26. The molecule has 3 heteroatoms. The van der Waals surface area contributed by atoms with E-state index in [1.54, 1.807) is 0 Å². The molecule has 0 aliphatic heterocycles. The summed E-state index contributed by atoms with van der Waals surface area (Å²) in [5, 5.41) is 8.87. The van der Waals surface area contributed by atoms with Crippen LogP contribution in [0.4, 0.5) is 5.69 Å². The van der Waals surface area contributed by atoms with Gasteiger partial charge < -0.3 is 4.72 Å². The van der Waals surface area contributed by atoms with Gasteiger partial charge in [0.05, 0.1) is 11.6 Å². The highest BCUT2D eigenvalue weighted by atomic mass is 32.1. The molecule has 1 aliphatic carbocycles. The number of anilines is 1. The van der Waals surface area contributed by atoms with Crippen molar-refractivity contribution >= 4 is 18.5 Å². The standard InChI is InChI=1S/C10H10N2S/c11-6-8-3-4-9(12-13)5-10(8)7-1-2-7/h3-5,7,12-13H,1-2H2. The lowest BCUT2D eigenvalue weighted by Crippen LogP contribution is -1.89. The minimum Gasteiger partial charge on any atom is -0.332 e. The van der Waals surface area contributed by atoms with Crippen LogP contribution < -0.4 is 4.72 Å². The van der Waals surface area contributed by atoms with Crippen LogP contribution in [0, 0.1) is 11.3 Å². The van der Waals surface area contributed by atoms with Crippen molar-refractivity contribution in [3.8, 4) is 6.07 Å². The minimum atomic E-state index is 0.608. The Labute approximate surface area is 83.1 Å². The van der Waals surface area contributed by atoms with Gasteiger partial charge in [-0.1, -0.05) is 12.8 Å². The van der Waals surface area contributed by atoms with E-state index < -0.39 is 0 Å². The molecule has 1 aliphatic rings. The number of nitrogens with zero attached hydrogens (tertiary/aromatic N) is 1. The van der Waals surface area contributed by atoms with Crippen LogP contribution in [0.1, 0.15) is 29.9 Å². The van der Waals surface area contributed by atoms with Gasteiger partial charge in [-0.3, -0.25) is 0 Å². The van der Waals surface area contributed by atoms with Gasteiger partial charge in [0, 0.05) is 5.69 Å². The molecule has 0 atom stereocenters. The van der Waals surface area contributed by atoms with Crippen LogP contribution >= 0.6 is 12.8 Å². The zero-order valence-corrected chi connectivity index (χ0v) is 8.01. The van der Waals surface area contributed by atoms with E-state index in [4.69, 9.17) is 5.26 Å². The topological polar surface area (TPSA) is 35.8 Å². The molecular formula is C10H10N2S. The van der Waals surface area contributed by atoms with Gasteiger partial charge in [-0.25, -0.2) is 0 Å². The van der Waals surface area contributed by atoms with Gasteiger partial charge in [0.1, 0.15) is 0 Å². The summed E-state index contributed by atoms with van der Waals surface area (Å²) in [6, 6.07) is 7.96. The highest BCUT2D eigenvalue weighted by Gasteiger charge is 2.26. The Morgan fingerprint density at radius 2 is 2.23 bits per heavy atom. The molecule has 1 fully saturated rings. The summed E-state index contributed by atoms with van der Waals surface area (Å²) < 4.78 is 2.79. The quantitative estimate of drug-likeness (QED) is 0.703. The van der Waals surface area contributed by atoms with Crippen molar-refractivity contribution in [2.75, 3.05) is 4.72 Å². The van der Waals surface area contributed by atoms with E-state index in [1.165, 1.54) is 18.4 Å². The van der Waals surface area contributed by atoms with E-state index >= 15 is 0 Å². The molecule has 0 spiro atoms. The maximum absolute atomic E-state index is 8.87. The fourth-order valence-corrected chi connectivity index (χ4v) is 1.61. The lowest BCUT2D eigenvalue weighted by molar-refractivity contribution is 1.12. The number of hydrogen-bond donors (Lipinski definition) is 2. The van der Waals surface area contributed by atoms with Crippen LogP contribution in [-0.4, -0.2) is 0 Å². The lowest BCUT2D eigenvalue weighted by atomic mass is 10.0. The van der Waals surface area contributed by atoms with Gasteiger partial charge in [0.15, 0.2) is 0 Å². The molecule has 0 heterocycles. The van der Waals surface area contributed by atoms with Crippen LogP contribution in [0.15, 0.2) is 18.2 Å². The summed E-state index contributed by atoms with van der Waals surface area (Å²) in [5.74, 6) is 0.608. The van der Waals surface area contributed by atoms with Gasteiger partial charge in [0.2, 0.25) is 0 Å². The van der Waals surface area contributed by atoms with Gasteiger partial charge in [-0.2, -0.15) is 5.26 Å². The highest BCUT2D eigenvalue weighted by Crippen LogP contribution is 2.42. The second-order valence-electron chi connectivity index (χ2n) is 3.30. The highest BCUT2D eigenvalue weighted by molar-refractivity contribution is 7.81. The number of nitrogens with one attached hydrogen (secondary N) is 1. The monoisotopic (exact) mass is 190 g/mol. The van der Waals surface area contributed by atoms with E-state index in [9.17, 15) is 0 Å². The summed E-state index contributed by atoms with van der Waals surface area (Å²) in [6.07, 6.45) is 2.43. The van der Waals surface area contributed by atoms with Gasteiger partial charge in [-0.15, -0.1) is 0 Å². The Kier molecular flexibility index (Phi) is 2.15. The molecule has 1 saturated carbocycles. The third-order valence-electron chi connectivity index (χ3n) is 2.32. The number of hydrogen-bond acceptors (Lipinski definition) is 3. The average Bonchev–Trinajstić information content (AvgIpc) is 3.00. The molecule has 66 valence electrons. The Balaban J connectivity index is 2.42. The number of nitriles is 1. The molecule has 2 nitrogen and oxygen atoms in total. The molecule has 13 heavy (non-hydrogen) atoms. The van der Waals surface area contributed by atoms with Crippen molar-refractivity contribution < 1.29 is 0 Å². The van der Waals surface area contributed by atoms with Crippen molar-refractivity contribution in [3.05, 3.63) is 29.3 Å². The van der Waals surface area contributed by atoms with Crippen LogP contribution in [0.3, 0.4) is 0 Å². The van der Waals surface area contributed by atoms with Gasteiger partial charge in [-0.05, 0) is 42.5 Å². The predicted octanol–water partition coefficient (Wildman–Crippen LogP) is 2.69. The van der Waals surface area contributed by atoms with Crippen molar-refractivity contribution in [3.63, 3.8) is 0 Å². The first-order valence-corrected chi connectivity index (χ1v) is 4.74. The maximum atomic E-state index is 8.87. The van der Waals surface area contributed by atoms with E-state index in [-0.39, 0.29) is 0 Å².